The van der Waals surface area contributed by atoms with Crippen molar-refractivity contribution in [3.63, 3.8) is 0 Å². The second kappa shape index (κ2) is 6.22. The number of ether oxygens (including phenoxy) is 1. The first kappa shape index (κ1) is 14.8. The highest BCUT2D eigenvalue weighted by Crippen LogP contribution is 2.31. The minimum absolute atomic E-state index is 0.137. The van der Waals surface area contributed by atoms with Crippen LogP contribution in [0.5, 0.6) is 0 Å². The summed E-state index contributed by atoms with van der Waals surface area (Å²) in [7, 11) is 0. The lowest BCUT2D eigenvalue weighted by atomic mass is 10.1. The monoisotopic (exact) mass is 289 g/mol. The minimum atomic E-state index is -0.544. The molecule has 0 spiro atoms. The Labute approximate surface area is 121 Å². The number of carbonyl (C=O) groups excluding carboxylic acids is 1. The largest absolute Gasteiger partial charge is 0.464 e. The number of benzene rings is 1. The molecule has 1 aliphatic rings. The third-order valence-electron chi connectivity index (χ3n) is 3.43. The van der Waals surface area contributed by atoms with Gasteiger partial charge in [-0.15, -0.1) is 0 Å². The van der Waals surface area contributed by atoms with Gasteiger partial charge in [0.25, 0.3) is 5.69 Å². The van der Waals surface area contributed by atoms with E-state index in [9.17, 15) is 20.2 Å². The second-order valence-corrected chi connectivity index (χ2v) is 4.67. The number of non-ortho nitro benzene ring substituents is 1. The van der Waals surface area contributed by atoms with Crippen LogP contribution in [0.1, 0.15) is 25.3 Å². The molecule has 1 heterocycles. The Morgan fingerprint density at radius 1 is 1.62 bits per heavy atom. The molecule has 0 N–H and O–H groups in total. The summed E-state index contributed by atoms with van der Waals surface area (Å²) in [6.45, 7) is 2.66. The number of rotatable bonds is 4. The average molecular weight is 289 g/mol. The lowest BCUT2D eigenvalue weighted by molar-refractivity contribution is -0.384. The van der Waals surface area contributed by atoms with Gasteiger partial charge in [-0.05, 0) is 25.8 Å². The van der Waals surface area contributed by atoms with Crippen LogP contribution in [0.25, 0.3) is 0 Å². The molecule has 0 aliphatic carbocycles. The number of carbonyl (C=O) groups is 1. The Morgan fingerprint density at radius 2 is 2.38 bits per heavy atom. The van der Waals surface area contributed by atoms with E-state index in [0.717, 1.165) is 6.42 Å². The first-order chi connectivity index (χ1) is 10.1. The van der Waals surface area contributed by atoms with Crippen LogP contribution in [0.2, 0.25) is 0 Å². The van der Waals surface area contributed by atoms with Crippen molar-refractivity contribution in [2.75, 3.05) is 18.1 Å². The summed E-state index contributed by atoms with van der Waals surface area (Å²) in [5.74, 6) is -0.322. The van der Waals surface area contributed by atoms with Crippen LogP contribution < -0.4 is 4.90 Å². The molecular formula is C14H15N3O4. The summed E-state index contributed by atoms with van der Waals surface area (Å²) in [4.78, 5) is 24.0. The van der Waals surface area contributed by atoms with Gasteiger partial charge in [-0.2, -0.15) is 5.26 Å². The van der Waals surface area contributed by atoms with Crippen molar-refractivity contribution in [1.82, 2.24) is 0 Å². The lowest BCUT2D eigenvalue weighted by Gasteiger charge is -2.25. The lowest BCUT2D eigenvalue weighted by Crippen LogP contribution is -2.37. The van der Waals surface area contributed by atoms with Gasteiger partial charge in [0.05, 0.1) is 22.8 Å². The maximum atomic E-state index is 11.9. The van der Waals surface area contributed by atoms with Crippen LogP contribution >= 0.6 is 0 Å². The van der Waals surface area contributed by atoms with E-state index in [1.165, 1.54) is 18.2 Å². The van der Waals surface area contributed by atoms with E-state index < -0.39 is 11.0 Å². The molecule has 0 amide bonds. The van der Waals surface area contributed by atoms with Crippen LogP contribution in [0, 0.1) is 21.4 Å². The van der Waals surface area contributed by atoms with E-state index in [0.29, 0.717) is 25.3 Å². The van der Waals surface area contributed by atoms with E-state index in [-0.39, 0.29) is 17.2 Å². The third-order valence-corrected chi connectivity index (χ3v) is 3.43. The fourth-order valence-electron chi connectivity index (χ4n) is 2.52. The zero-order valence-corrected chi connectivity index (χ0v) is 11.6. The van der Waals surface area contributed by atoms with Crippen LogP contribution in [-0.2, 0) is 9.53 Å². The molecule has 110 valence electrons. The first-order valence-corrected chi connectivity index (χ1v) is 6.70. The van der Waals surface area contributed by atoms with Gasteiger partial charge in [0.2, 0.25) is 0 Å². The molecular weight excluding hydrogens is 274 g/mol. The van der Waals surface area contributed by atoms with Gasteiger partial charge in [-0.3, -0.25) is 10.1 Å². The molecule has 0 radical (unpaired) electrons. The van der Waals surface area contributed by atoms with E-state index in [1.54, 1.807) is 11.8 Å². The average Bonchev–Trinajstić information content (AvgIpc) is 2.96. The van der Waals surface area contributed by atoms with Gasteiger partial charge in [0.1, 0.15) is 12.1 Å². The van der Waals surface area contributed by atoms with Gasteiger partial charge in [0, 0.05) is 18.7 Å². The highest BCUT2D eigenvalue weighted by Gasteiger charge is 2.33. The molecule has 21 heavy (non-hydrogen) atoms. The number of hydrogen-bond acceptors (Lipinski definition) is 6. The number of nitro groups is 1. The molecule has 1 atom stereocenters. The molecule has 0 bridgehead atoms. The molecule has 2 rings (SSSR count). The zero-order valence-electron chi connectivity index (χ0n) is 11.6. The molecule has 7 heteroatoms. The summed E-state index contributed by atoms with van der Waals surface area (Å²) < 4.78 is 5.04. The van der Waals surface area contributed by atoms with Gasteiger partial charge in [-0.1, -0.05) is 0 Å². The Hall–Kier alpha value is -2.62. The zero-order chi connectivity index (χ0) is 15.4. The normalized spacial score (nSPS) is 17.3. The molecule has 1 fully saturated rings. The predicted molar refractivity (Wildman–Crippen MR) is 74.8 cm³/mol. The topological polar surface area (TPSA) is 96.5 Å². The fourth-order valence-corrected chi connectivity index (χ4v) is 2.52. The quantitative estimate of drug-likeness (QED) is 0.478. The van der Waals surface area contributed by atoms with Crippen molar-refractivity contribution in [2.45, 2.75) is 25.8 Å². The first-order valence-electron chi connectivity index (χ1n) is 6.70. The van der Waals surface area contributed by atoms with E-state index in [2.05, 4.69) is 0 Å². The van der Waals surface area contributed by atoms with Gasteiger partial charge in [0.15, 0.2) is 0 Å². The maximum Gasteiger partial charge on any atom is 0.328 e. The van der Waals surface area contributed by atoms with Crippen LogP contribution in [0.15, 0.2) is 18.2 Å². The minimum Gasteiger partial charge on any atom is -0.464 e. The Morgan fingerprint density at radius 3 is 3.00 bits per heavy atom. The summed E-state index contributed by atoms with van der Waals surface area (Å²) in [6, 6.07) is 5.63. The molecule has 7 nitrogen and oxygen atoms in total. The number of hydrogen-bond donors (Lipinski definition) is 0. The molecule has 0 aromatic heterocycles. The number of nitro benzene ring substituents is 1. The number of anilines is 1. The SMILES string of the molecule is CCOC(=O)C1CCCN1c1ccc([N+](=O)[O-])cc1C#N. The molecule has 1 aromatic carbocycles. The summed E-state index contributed by atoms with van der Waals surface area (Å²) in [6.07, 6.45) is 1.46. The van der Waals surface area contributed by atoms with Crippen LogP contribution in [0.3, 0.4) is 0 Å². The molecule has 1 saturated heterocycles. The number of esters is 1. The second-order valence-electron chi connectivity index (χ2n) is 4.67. The van der Waals surface area contributed by atoms with E-state index >= 15 is 0 Å². The fraction of sp³-hybridized carbons (Fsp3) is 0.429. The van der Waals surface area contributed by atoms with E-state index in [4.69, 9.17) is 4.74 Å². The Bertz CT molecular complexity index is 609. The van der Waals surface area contributed by atoms with Gasteiger partial charge >= 0.3 is 5.97 Å². The van der Waals surface area contributed by atoms with Crippen molar-refractivity contribution in [3.8, 4) is 6.07 Å². The number of nitriles is 1. The third kappa shape index (κ3) is 2.94. The summed E-state index contributed by atoms with van der Waals surface area (Å²) in [5, 5.41) is 20.0. The van der Waals surface area contributed by atoms with Crippen LogP contribution in [0.4, 0.5) is 11.4 Å². The molecule has 1 aliphatic heterocycles. The highest BCUT2D eigenvalue weighted by atomic mass is 16.6. The standard InChI is InChI=1S/C14H15N3O4/c1-2-21-14(18)13-4-3-7-16(13)12-6-5-11(17(19)20)8-10(12)9-15/h5-6,8,13H,2-4,7H2,1H3. The van der Waals surface area contributed by atoms with Crippen molar-refractivity contribution in [3.05, 3.63) is 33.9 Å². The Kier molecular flexibility index (Phi) is 4.38. The van der Waals surface area contributed by atoms with Gasteiger partial charge < -0.3 is 9.64 Å². The van der Waals surface area contributed by atoms with Crippen molar-refractivity contribution < 1.29 is 14.5 Å². The summed E-state index contributed by atoms with van der Waals surface area (Å²) in [5.41, 5.74) is 0.598. The maximum absolute atomic E-state index is 11.9. The van der Waals surface area contributed by atoms with E-state index in [1.807, 2.05) is 6.07 Å². The van der Waals surface area contributed by atoms with Crippen molar-refractivity contribution in [2.24, 2.45) is 0 Å². The number of nitrogens with zero attached hydrogens (tertiary/aromatic N) is 3. The molecule has 1 unspecified atom stereocenters. The molecule has 0 saturated carbocycles. The highest BCUT2D eigenvalue weighted by molar-refractivity contribution is 5.82. The smallest absolute Gasteiger partial charge is 0.328 e. The van der Waals surface area contributed by atoms with Gasteiger partial charge in [-0.25, -0.2) is 4.79 Å². The molecule has 1 aromatic rings. The van der Waals surface area contributed by atoms with Crippen molar-refractivity contribution >= 4 is 17.3 Å². The van der Waals surface area contributed by atoms with Crippen LogP contribution in [-0.4, -0.2) is 30.1 Å². The van der Waals surface area contributed by atoms with Crippen molar-refractivity contribution in [1.29, 1.82) is 5.26 Å². The predicted octanol–water partition coefficient (Wildman–Crippen LogP) is 2.00. The Balaban J connectivity index is 2.34. The summed E-state index contributed by atoms with van der Waals surface area (Å²) >= 11 is 0.